The second kappa shape index (κ2) is 5.86. The fourth-order valence-electron chi connectivity index (χ4n) is 1.78. The van der Waals surface area contributed by atoms with Crippen molar-refractivity contribution in [1.82, 2.24) is 0 Å². The number of aryl methyl sites for hydroxylation is 1. The first-order valence-electron chi connectivity index (χ1n) is 6.01. The van der Waals surface area contributed by atoms with E-state index >= 15 is 0 Å². The summed E-state index contributed by atoms with van der Waals surface area (Å²) >= 11 is 0. The van der Waals surface area contributed by atoms with Gasteiger partial charge in [-0.15, -0.1) is 0 Å². The SMILES string of the molecule is Cc1ccc(NCc2ccc(F)c(B(O)O)c2)cc1. The van der Waals surface area contributed by atoms with Gasteiger partial charge in [-0.3, -0.25) is 0 Å². The van der Waals surface area contributed by atoms with E-state index in [1.165, 1.54) is 17.7 Å². The molecule has 0 radical (unpaired) electrons. The number of rotatable bonds is 4. The summed E-state index contributed by atoms with van der Waals surface area (Å²) in [7, 11) is -1.79. The third-order valence-corrected chi connectivity index (χ3v) is 2.89. The van der Waals surface area contributed by atoms with Crippen molar-refractivity contribution in [3.63, 3.8) is 0 Å². The van der Waals surface area contributed by atoms with Crippen molar-refractivity contribution in [2.24, 2.45) is 0 Å². The van der Waals surface area contributed by atoms with Crippen LogP contribution < -0.4 is 10.8 Å². The summed E-state index contributed by atoms with van der Waals surface area (Å²) < 4.78 is 13.3. The highest BCUT2D eigenvalue weighted by molar-refractivity contribution is 6.58. The lowest BCUT2D eigenvalue weighted by Crippen LogP contribution is -2.33. The van der Waals surface area contributed by atoms with Gasteiger partial charge < -0.3 is 15.4 Å². The molecule has 0 aliphatic carbocycles. The van der Waals surface area contributed by atoms with Crippen molar-refractivity contribution in [3.05, 3.63) is 59.4 Å². The zero-order valence-electron chi connectivity index (χ0n) is 10.6. The maximum atomic E-state index is 13.3. The van der Waals surface area contributed by atoms with Gasteiger partial charge in [0.2, 0.25) is 0 Å². The van der Waals surface area contributed by atoms with E-state index in [4.69, 9.17) is 10.0 Å². The molecule has 0 aliphatic heterocycles. The van der Waals surface area contributed by atoms with Crippen LogP contribution in [0.5, 0.6) is 0 Å². The molecule has 2 rings (SSSR count). The van der Waals surface area contributed by atoms with Crippen molar-refractivity contribution in [1.29, 1.82) is 0 Å². The van der Waals surface area contributed by atoms with E-state index in [0.717, 1.165) is 11.3 Å². The lowest BCUT2D eigenvalue weighted by atomic mass is 9.79. The molecule has 3 nitrogen and oxygen atoms in total. The molecule has 0 fully saturated rings. The third-order valence-electron chi connectivity index (χ3n) is 2.89. The first-order valence-corrected chi connectivity index (χ1v) is 6.01. The zero-order chi connectivity index (χ0) is 13.8. The van der Waals surface area contributed by atoms with Crippen molar-refractivity contribution >= 4 is 18.3 Å². The van der Waals surface area contributed by atoms with E-state index in [0.29, 0.717) is 6.54 Å². The maximum Gasteiger partial charge on any atom is 0.491 e. The number of hydrogen-bond acceptors (Lipinski definition) is 3. The van der Waals surface area contributed by atoms with Crippen LogP contribution in [0.2, 0.25) is 0 Å². The number of halogens is 1. The Labute approximate surface area is 111 Å². The summed E-state index contributed by atoms with van der Waals surface area (Å²) in [6, 6.07) is 12.2. The number of benzene rings is 2. The fraction of sp³-hybridized carbons (Fsp3) is 0.143. The van der Waals surface area contributed by atoms with Crippen molar-refractivity contribution < 1.29 is 14.4 Å². The van der Waals surface area contributed by atoms with Crippen LogP contribution in [-0.4, -0.2) is 17.2 Å². The van der Waals surface area contributed by atoms with E-state index in [1.54, 1.807) is 6.07 Å². The summed E-state index contributed by atoms with van der Waals surface area (Å²) in [6.07, 6.45) is 0. The smallest absolute Gasteiger partial charge is 0.423 e. The molecule has 0 aliphatic rings. The van der Waals surface area contributed by atoms with Crippen LogP contribution in [0.3, 0.4) is 0 Å². The van der Waals surface area contributed by atoms with Gasteiger partial charge in [-0.1, -0.05) is 29.8 Å². The van der Waals surface area contributed by atoms with Gasteiger partial charge in [-0.2, -0.15) is 0 Å². The van der Waals surface area contributed by atoms with Gasteiger partial charge in [0, 0.05) is 17.7 Å². The Morgan fingerprint density at radius 2 is 1.79 bits per heavy atom. The highest BCUT2D eigenvalue weighted by Gasteiger charge is 2.16. The summed E-state index contributed by atoms with van der Waals surface area (Å²) in [6.45, 7) is 2.50. The minimum atomic E-state index is -1.79. The molecule has 0 amide bonds. The molecule has 0 heterocycles. The predicted octanol–water partition coefficient (Wildman–Crippen LogP) is 1.43. The third kappa shape index (κ3) is 3.56. The lowest BCUT2D eigenvalue weighted by molar-refractivity contribution is 0.423. The Morgan fingerprint density at radius 3 is 2.42 bits per heavy atom. The predicted molar refractivity (Wildman–Crippen MR) is 74.7 cm³/mol. The molecule has 19 heavy (non-hydrogen) atoms. The van der Waals surface area contributed by atoms with Crippen LogP contribution in [0.25, 0.3) is 0 Å². The van der Waals surface area contributed by atoms with Crippen LogP contribution in [0.1, 0.15) is 11.1 Å². The normalized spacial score (nSPS) is 10.3. The molecule has 0 saturated carbocycles. The van der Waals surface area contributed by atoms with Gasteiger partial charge in [-0.25, -0.2) is 4.39 Å². The molecule has 3 N–H and O–H groups in total. The largest absolute Gasteiger partial charge is 0.491 e. The second-order valence-electron chi connectivity index (χ2n) is 4.45. The molecule has 0 aromatic heterocycles. The summed E-state index contributed by atoms with van der Waals surface area (Å²) in [4.78, 5) is 0. The topological polar surface area (TPSA) is 52.5 Å². The van der Waals surface area contributed by atoms with E-state index in [-0.39, 0.29) is 5.46 Å². The number of hydrogen-bond donors (Lipinski definition) is 3. The van der Waals surface area contributed by atoms with Gasteiger partial charge in [0.05, 0.1) is 0 Å². The minimum Gasteiger partial charge on any atom is -0.423 e. The summed E-state index contributed by atoms with van der Waals surface area (Å²) in [5, 5.41) is 21.3. The van der Waals surface area contributed by atoms with Crippen molar-refractivity contribution in [2.45, 2.75) is 13.5 Å². The van der Waals surface area contributed by atoms with E-state index in [1.807, 2.05) is 31.2 Å². The van der Waals surface area contributed by atoms with Gasteiger partial charge >= 0.3 is 7.12 Å². The molecule has 0 unspecified atom stereocenters. The molecule has 98 valence electrons. The Hall–Kier alpha value is -1.85. The van der Waals surface area contributed by atoms with Crippen LogP contribution in [0, 0.1) is 12.7 Å². The van der Waals surface area contributed by atoms with Crippen molar-refractivity contribution in [3.8, 4) is 0 Å². The van der Waals surface area contributed by atoms with Crippen LogP contribution in [0.15, 0.2) is 42.5 Å². The molecule has 5 heteroatoms. The molecule has 0 saturated heterocycles. The standard InChI is InChI=1S/C14H15BFNO2/c1-10-2-5-12(6-3-10)17-9-11-4-7-14(16)13(8-11)15(18)19/h2-8,17-19H,9H2,1H3. The van der Waals surface area contributed by atoms with Gasteiger partial charge in [0.1, 0.15) is 5.82 Å². The van der Waals surface area contributed by atoms with E-state index in [2.05, 4.69) is 5.32 Å². The van der Waals surface area contributed by atoms with E-state index < -0.39 is 12.9 Å². The summed E-state index contributed by atoms with van der Waals surface area (Å²) in [5.41, 5.74) is 2.81. The molecule has 2 aromatic carbocycles. The number of nitrogens with one attached hydrogen (secondary N) is 1. The highest BCUT2D eigenvalue weighted by atomic mass is 19.1. The molecule has 0 bridgehead atoms. The maximum absolute atomic E-state index is 13.3. The highest BCUT2D eigenvalue weighted by Crippen LogP contribution is 2.10. The minimum absolute atomic E-state index is 0.108. The Balaban J connectivity index is 2.07. The van der Waals surface area contributed by atoms with Gasteiger partial charge in [0.25, 0.3) is 0 Å². The average molecular weight is 259 g/mol. The molecule has 0 atom stereocenters. The Kier molecular flexibility index (Phi) is 4.19. The lowest BCUT2D eigenvalue weighted by Gasteiger charge is -2.09. The first kappa shape index (κ1) is 13.6. The van der Waals surface area contributed by atoms with Crippen molar-refractivity contribution in [2.75, 3.05) is 5.32 Å². The fourth-order valence-corrected chi connectivity index (χ4v) is 1.78. The molecule has 2 aromatic rings. The zero-order valence-corrected chi connectivity index (χ0v) is 10.6. The van der Waals surface area contributed by atoms with Gasteiger partial charge in [-0.05, 0) is 30.7 Å². The van der Waals surface area contributed by atoms with E-state index in [9.17, 15) is 4.39 Å². The monoisotopic (exact) mass is 259 g/mol. The average Bonchev–Trinajstić information content (AvgIpc) is 2.39. The van der Waals surface area contributed by atoms with Crippen LogP contribution in [-0.2, 0) is 6.54 Å². The molecule has 0 spiro atoms. The number of anilines is 1. The summed E-state index contributed by atoms with van der Waals surface area (Å²) in [5.74, 6) is -0.617. The second-order valence-corrected chi connectivity index (χ2v) is 4.45. The first-order chi connectivity index (χ1) is 9.06. The molecular weight excluding hydrogens is 244 g/mol. The van der Waals surface area contributed by atoms with Gasteiger partial charge in [0.15, 0.2) is 0 Å². The quantitative estimate of drug-likeness (QED) is 0.728. The Bertz CT molecular complexity index is 558. The molecular formula is C14H15BFNO2. The Morgan fingerprint density at radius 1 is 1.11 bits per heavy atom. The van der Waals surface area contributed by atoms with Crippen LogP contribution >= 0.6 is 0 Å². The van der Waals surface area contributed by atoms with Crippen LogP contribution in [0.4, 0.5) is 10.1 Å².